The number of amides is 1. The lowest BCUT2D eigenvalue weighted by molar-refractivity contribution is -0.117. The first-order valence-corrected chi connectivity index (χ1v) is 8.42. The minimum atomic E-state index is -0.393. The molecule has 1 atom stereocenters. The van der Waals surface area contributed by atoms with Crippen LogP contribution in [0.2, 0.25) is 0 Å². The fourth-order valence-electron chi connectivity index (χ4n) is 2.35. The van der Waals surface area contributed by atoms with Gasteiger partial charge >= 0.3 is 0 Å². The molecule has 0 aromatic heterocycles. The first-order chi connectivity index (χ1) is 12.2. The number of nitrogens with zero attached hydrogens (tertiary/aromatic N) is 1. The Kier molecular flexibility index (Phi) is 6.79. The van der Waals surface area contributed by atoms with E-state index in [1.807, 2.05) is 80.6 Å². The molecule has 0 saturated heterocycles. The molecule has 2 N–H and O–H groups in total. The van der Waals surface area contributed by atoms with E-state index in [9.17, 15) is 10.1 Å². The maximum absolute atomic E-state index is 12.6. The van der Waals surface area contributed by atoms with Crippen LogP contribution >= 0.6 is 0 Å². The summed E-state index contributed by atoms with van der Waals surface area (Å²) in [5, 5.41) is 15.4. The van der Waals surface area contributed by atoms with Crippen LogP contribution in [0.25, 0.3) is 0 Å². The summed E-state index contributed by atoms with van der Waals surface area (Å²) < 4.78 is 0. The Hall–Kier alpha value is -3.06. The highest BCUT2D eigenvalue weighted by Crippen LogP contribution is 2.22. The van der Waals surface area contributed by atoms with Gasteiger partial charge in [-0.2, -0.15) is 5.26 Å². The first-order valence-electron chi connectivity index (χ1n) is 8.42. The quantitative estimate of drug-likeness (QED) is 0.600. The van der Waals surface area contributed by atoms with Crippen LogP contribution in [-0.2, 0) is 4.79 Å². The molecule has 0 spiro atoms. The van der Waals surface area contributed by atoms with Crippen LogP contribution in [0.5, 0.6) is 0 Å². The van der Waals surface area contributed by atoms with Gasteiger partial charge in [0.2, 0.25) is 0 Å². The summed E-state index contributed by atoms with van der Waals surface area (Å²) in [6.07, 6.45) is 2.41. The molecule has 2 rings (SSSR count). The number of nitriles is 1. The van der Waals surface area contributed by atoms with E-state index in [0.29, 0.717) is 0 Å². The predicted octanol–water partition coefficient (Wildman–Crippen LogP) is 3.69. The largest absolute Gasteiger partial charge is 0.387 e. The zero-order valence-corrected chi connectivity index (χ0v) is 14.6. The van der Waals surface area contributed by atoms with Gasteiger partial charge in [-0.15, -0.1) is 0 Å². The van der Waals surface area contributed by atoms with Gasteiger partial charge in [0.05, 0.1) is 6.04 Å². The molecule has 4 nitrogen and oxygen atoms in total. The van der Waals surface area contributed by atoms with Gasteiger partial charge in [-0.25, -0.2) is 0 Å². The van der Waals surface area contributed by atoms with Crippen molar-refractivity contribution in [3.63, 3.8) is 0 Å². The summed E-state index contributed by atoms with van der Waals surface area (Å²) in [6, 6.07) is 21.3. The van der Waals surface area contributed by atoms with Crippen LogP contribution in [0.15, 0.2) is 72.4 Å². The van der Waals surface area contributed by atoms with Crippen molar-refractivity contribution < 1.29 is 4.79 Å². The molecule has 0 saturated carbocycles. The number of carbonyl (C=O) groups excluding carboxylic acids is 1. The number of carbonyl (C=O) groups is 1. The normalized spacial score (nSPS) is 12.3. The van der Waals surface area contributed by atoms with E-state index in [1.54, 1.807) is 0 Å². The summed E-state index contributed by atoms with van der Waals surface area (Å²) in [5.74, 6) is -0.393. The van der Waals surface area contributed by atoms with E-state index in [-0.39, 0.29) is 17.7 Å². The van der Waals surface area contributed by atoms with Crippen LogP contribution in [0, 0.1) is 11.3 Å². The van der Waals surface area contributed by atoms with Crippen molar-refractivity contribution in [1.82, 2.24) is 10.6 Å². The second-order valence-electron chi connectivity index (χ2n) is 5.87. The van der Waals surface area contributed by atoms with Gasteiger partial charge in [0, 0.05) is 12.2 Å². The maximum Gasteiger partial charge on any atom is 0.264 e. The Balaban J connectivity index is 2.25. The highest BCUT2D eigenvalue weighted by atomic mass is 16.1. The number of rotatable bonds is 7. The van der Waals surface area contributed by atoms with Gasteiger partial charge in [0.25, 0.3) is 5.91 Å². The molecule has 2 aromatic rings. The number of benzene rings is 2. The third-order valence-corrected chi connectivity index (χ3v) is 4.03. The molecule has 0 radical (unpaired) electrons. The summed E-state index contributed by atoms with van der Waals surface area (Å²) in [7, 11) is 0. The van der Waals surface area contributed by atoms with Gasteiger partial charge < -0.3 is 10.6 Å². The zero-order chi connectivity index (χ0) is 18.1. The second kappa shape index (κ2) is 9.29. The summed E-state index contributed by atoms with van der Waals surface area (Å²) in [6.45, 7) is 4.04. The number of nitrogens with one attached hydrogen (secondary N) is 2. The van der Waals surface area contributed by atoms with Gasteiger partial charge in [0.15, 0.2) is 0 Å². The van der Waals surface area contributed by atoms with Crippen molar-refractivity contribution in [2.75, 3.05) is 0 Å². The lowest BCUT2D eigenvalue weighted by atomic mass is 9.98. The topological polar surface area (TPSA) is 64.9 Å². The van der Waals surface area contributed by atoms with Crippen LogP contribution in [0.1, 0.15) is 37.4 Å². The Morgan fingerprint density at radius 1 is 1.08 bits per heavy atom. The van der Waals surface area contributed by atoms with Crippen molar-refractivity contribution >= 4 is 5.91 Å². The van der Waals surface area contributed by atoms with Gasteiger partial charge in [-0.3, -0.25) is 4.79 Å². The highest BCUT2D eigenvalue weighted by Gasteiger charge is 2.19. The Morgan fingerprint density at radius 3 is 2.04 bits per heavy atom. The van der Waals surface area contributed by atoms with E-state index >= 15 is 0 Å². The molecule has 25 heavy (non-hydrogen) atoms. The molecule has 4 heteroatoms. The van der Waals surface area contributed by atoms with Gasteiger partial charge in [0.1, 0.15) is 11.6 Å². The minimum absolute atomic E-state index is 0.0668. The number of hydrogen-bond acceptors (Lipinski definition) is 3. The van der Waals surface area contributed by atoms with Crippen molar-refractivity contribution in [3.8, 4) is 6.07 Å². The molecular formula is C21H23N3O. The molecule has 2 aromatic carbocycles. The molecule has 0 aliphatic rings. The molecule has 0 heterocycles. The van der Waals surface area contributed by atoms with Crippen LogP contribution in [0.4, 0.5) is 0 Å². The Morgan fingerprint density at radius 2 is 1.60 bits per heavy atom. The first kappa shape index (κ1) is 18.3. The lowest BCUT2D eigenvalue weighted by Gasteiger charge is -2.20. The molecule has 0 fully saturated rings. The molecule has 0 bridgehead atoms. The van der Waals surface area contributed by atoms with Gasteiger partial charge in [-0.05, 0) is 24.5 Å². The third kappa shape index (κ3) is 5.22. The van der Waals surface area contributed by atoms with Crippen molar-refractivity contribution in [3.05, 3.63) is 83.6 Å². The number of hydrogen-bond donors (Lipinski definition) is 2. The van der Waals surface area contributed by atoms with E-state index in [4.69, 9.17) is 0 Å². The summed E-state index contributed by atoms with van der Waals surface area (Å²) in [5.41, 5.74) is 2.00. The van der Waals surface area contributed by atoms with Crippen molar-refractivity contribution in [2.45, 2.75) is 32.4 Å². The monoisotopic (exact) mass is 333 g/mol. The van der Waals surface area contributed by atoms with Gasteiger partial charge in [-0.1, -0.05) is 67.6 Å². The van der Waals surface area contributed by atoms with Crippen molar-refractivity contribution in [2.24, 2.45) is 0 Å². The van der Waals surface area contributed by atoms with E-state index in [1.165, 1.54) is 6.20 Å². The molecule has 1 amide bonds. The van der Waals surface area contributed by atoms with E-state index < -0.39 is 5.91 Å². The smallest absolute Gasteiger partial charge is 0.264 e. The van der Waals surface area contributed by atoms with E-state index in [2.05, 4.69) is 10.6 Å². The van der Waals surface area contributed by atoms with Crippen molar-refractivity contribution in [1.29, 1.82) is 5.26 Å². The fraction of sp³-hybridized carbons (Fsp3) is 0.238. The Labute approximate surface area is 149 Å². The highest BCUT2D eigenvalue weighted by molar-refractivity contribution is 5.97. The predicted molar refractivity (Wildman–Crippen MR) is 99.5 cm³/mol. The molecule has 128 valence electrons. The van der Waals surface area contributed by atoms with E-state index in [0.717, 1.165) is 17.5 Å². The molecule has 0 aliphatic carbocycles. The SMILES string of the molecule is CCC(C)N/C=C(/C#N)C(=O)NC(c1ccccc1)c1ccccc1. The lowest BCUT2D eigenvalue weighted by Crippen LogP contribution is -2.31. The average molecular weight is 333 g/mol. The van der Waals surface area contributed by atoms with Crippen LogP contribution in [0.3, 0.4) is 0 Å². The Bertz CT molecular complexity index is 708. The third-order valence-electron chi connectivity index (χ3n) is 4.03. The molecule has 1 unspecified atom stereocenters. The summed E-state index contributed by atoms with van der Waals surface area (Å²) in [4.78, 5) is 12.6. The van der Waals surface area contributed by atoms with Crippen LogP contribution < -0.4 is 10.6 Å². The fourth-order valence-corrected chi connectivity index (χ4v) is 2.35. The zero-order valence-electron chi connectivity index (χ0n) is 14.6. The summed E-state index contributed by atoms with van der Waals surface area (Å²) >= 11 is 0. The molecule has 0 aliphatic heterocycles. The average Bonchev–Trinajstić information content (AvgIpc) is 2.67. The maximum atomic E-state index is 12.6. The molecular weight excluding hydrogens is 310 g/mol. The minimum Gasteiger partial charge on any atom is -0.387 e. The second-order valence-corrected chi connectivity index (χ2v) is 5.87. The van der Waals surface area contributed by atoms with Crippen LogP contribution in [-0.4, -0.2) is 11.9 Å². The standard InChI is InChI=1S/C21H23N3O/c1-3-16(2)23-15-19(14-22)21(25)24-20(17-10-6-4-7-11-17)18-12-8-5-9-13-18/h4-13,15-16,20,23H,3H2,1-2H3,(H,24,25)/b19-15-.